The third-order valence-electron chi connectivity index (χ3n) is 7.48. The van der Waals surface area contributed by atoms with E-state index in [2.05, 4.69) is 26.8 Å². The Labute approximate surface area is 245 Å². The molecule has 10 nitrogen and oxygen atoms in total. The summed E-state index contributed by atoms with van der Waals surface area (Å²) in [6.45, 7) is 0.202. The maximum absolute atomic E-state index is 13.7. The molecule has 0 aliphatic heterocycles. The number of urea groups is 1. The molecule has 0 unspecified atom stereocenters. The predicted octanol–water partition coefficient (Wildman–Crippen LogP) is 4.90. The van der Waals surface area contributed by atoms with Crippen molar-refractivity contribution in [3.05, 3.63) is 90.4 Å². The van der Waals surface area contributed by atoms with Crippen molar-refractivity contribution in [3.63, 3.8) is 0 Å². The molecule has 0 atom stereocenters. The Hall–Kier alpha value is -4.69. The number of hydrogen-bond acceptors (Lipinski definition) is 7. The van der Waals surface area contributed by atoms with Gasteiger partial charge in [-0.3, -0.25) is 9.58 Å². The van der Waals surface area contributed by atoms with Crippen molar-refractivity contribution >= 4 is 27.4 Å². The van der Waals surface area contributed by atoms with Gasteiger partial charge in [0.25, 0.3) is 0 Å². The fourth-order valence-electron chi connectivity index (χ4n) is 5.26. The molecule has 1 aliphatic rings. The molecule has 42 heavy (non-hydrogen) atoms. The van der Waals surface area contributed by atoms with Crippen molar-refractivity contribution in [1.82, 2.24) is 20.1 Å². The Kier molecular flexibility index (Phi) is 8.54. The lowest BCUT2D eigenvalue weighted by atomic mass is 9.89. The van der Waals surface area contributed by atoms with Gasteiger partial charge in [0.15, 0.2) is 9.84 Å². The number of anilines is 2. The number of aromatic nitrogens is 3. The second-order valence-electron chi connectivity index (χ2n) is 10.6. The van der Waals surface area contributed by atoms with E-state index >= 15 is 0 Å². The largest absolute Gasteiger partial charge is 0.367 e. The number of carbonyl (C=O) groups excluding carboxylic acids is 1. The van der Waals surface area contributed by atoms with E-state index in [1.165, 1.54) is 6.26 Å². The predicted molar refractivity (Wildman–Crippen MR) is 162 cm³/mol. The van der Waals surface area contributed by atoms with Crippen molar-refractivity contribution in [2.75, 3.05) is 16.5 Å². The Morgan fingerprint density at radius 3 is 2.43 bits per heavy atom. The zero-order valence-corrected chi connectivity index (χ0v) is 24.4. The van der Waals surface area contributed by atoms with Crippen molar-refractivity contribution < 1.29 is 13.2 Å². The topological polar surface area (TPSA) is 133 Å². The average molecular weight is 584 g/mol. The minimum Gasteiger partial charge on any atom is -0.367 e. The van der Waals surface area contributed by atoms with Crippen LogP contribution in [0.3, 0.4) is 0 Å². The molecule has 5 rings (SSSR count). The Balaban J connectivity index is 1.31. The minimum absolute atomic E-state index is 0.0245. The van der Waals surface area contributed by atoms with Crippen LogP contribution in [0.25, 0.3) is 11.1 Å². The lowest BCUT2D eigenvalue weighted by Crippen LogP contribution is -2.48. The molecule has 2 aromatic carbocycles. The Bertz CT molecular complexity index is 1690. The first kappa shape index (κ1) is 28.8. The van der Waals surface area contributed by atoms with Crippen LogP contribution in [0.2, 0.25) is 0 Å². The Morgan fingerprint density at radius 2 is 1.81 bits per heavy atom. The van der Waals surface area contributed by atoms with Gasteiger partial charge in [0, 0.05) is 55.6 Å². The maximum Gasteiger partial charge on any atom is 0.322 e. The van der Waals surface area contributed by atoms with Gasteiger partial charge in [-0.15, -0.1) is 0 Å². The van der Waals surface area contributed by atoms with E-state index in [1.54, 1.807) is 47.4 Å². The third kappa shape index (κ3) is 6.95. The van der Waals surface area contributed by atoms with Gasteiger partial charge in [-0.25, -0.2) is 18.2 Å². The molecule has 1 aliphatic carbocycles. The molecule has 1 saturated carbocycles. The molecule has 2 amide bonds. The van der Waals surface area contributed by atoms with Gasteiger partial charge in [0.2, 0.25) is 0 Å². The van der Waals surface area contributed by atoms with Crippen LogP contribution < -0.4 is 15.5 Å². The highest BCUT2D eigenvalue weighted by atomic mass is 32.2. The number of amides is 2. The molecule has 0 saturated heterocycles. The third-order valence-corrected chi connectivity index (χ3v) is 8.59. The summed E-state index contributed by atoms with van der Waals surface area (Å²) in [6.07, 6.45) is 9.75. The molecule has 2 N–H and O–H groups in total. The zero-order valence-electron chi connectivity index (χ0n) is 23.6. The number of sulfone groups is 1. The maximum atomic E-state index is 13.7. The summed E-state index contributed by atoms with van der Waals surface area (Å²) in [4.78, 5) is 20.1. The van der Waals surface area contributed by atoms with E-state index in [1.807, 2.05) is 48.5 Å². The summed E-state index contributed by atoms with van der Waals surface area (Å²) < 4.78 is 25.8. The van der Waals surface area contributed by atoms with Crippen LogP contribution in [-0.4, -0.2) is 47.6 Å². The summed E-state index contributed by atoms with van der Waals surface area (Å²) in [7, 11) is -1.48. The summed E-state index contributed by atoms with van der Waals surface area (Å²) in [6, 6.07) is 20.1. The van der Waals surface area contributed by atoms with Crippen LogP contribution in [-0.2, 0) is 23.4 Å². The molecule has 2 heterocycles. The zero-order chi connectivity index (χ0) is 29.7. The highest BCUT2D eigenvalue weighted by molar-refractivity contribution is 7.90. The van der Waals surface area contributed by atoms with Gasteiger partial charge in [0.1, 0.15) is 11.9 Å². The lowest BCUT2D eigenvalue weighted by molar-refractivity contribution is 0.240. The standard InChI is InChI=1S/C31H33N7O3S/c1-37-21-25(20-35-37)24-7-11-27(12-8-24)38(31(39)34-18-22-4-3-5-29(16-22)42(2,40)41)28-13-9-26(10-14-28)36-30-15-6-23(17-32)19-33-30/h3-8,11-12,15-16,19-21,26,28H,9-10,13-14,18H2,1-2H3,(H,33,36)(H,34,39)/t26-,28-. The van der Waals surface area contributed by atoms with E-state index < -0.39 is 9.84 Å². The molecule has 0 bridgehead atoms. The van der Waals surface area contributed by atoms with E-state index in [4.69, 9.17) is 5.26 Å². The molecule has 2 aromatic heterocycles. The summed E-state index contributed by atoms with van der Waals surface area (Å²) >= 11 is 0. The number of carbonyl (C=O) groups is 1. The summed E-state index contributed by atoms with van der Waals surface area (Å²) in [5.41, 5.74) is 4.01. The number of pyridine rings is 1. The van der Waals surface area contributed by atoms with Gasteiger partial charge >= 0.3 is 6.03 Å². The summed E-state index contributed by atoms with van der Waals surface area (Å²) in [5.74, 6) is 0.731. The van der Waals surface area contributed by atoms with Gasteiger partial charge in [0.05, 0.1) is 16.7 Å². The number of nitrogens with one attached hydrogen (secondary N) is 2. The van der Waals surface area contributed by atoms with Crippen molar-refractivity contribution in [2.24, 2.45) is 7.05 Å². The van der Waals surface area contributed by atoms with Gasteiger partial charge in [-0.1, -0.05) is 24.3 Å². The first-order valence-electron chi connectivity index (χ1n) is 13.8. The van der Waals surface area contributed by atoms with E-state index in [9.17, 15) is 13.2 Å². The molecular weight excluding hydrogens is 550 g/mol. The van der Waals surface area contributed by atoms with E-state index in [0.29, 0.717) is 11.1 Å². The average Bonchev–Trinajstić information content (AvgIpc) is 3.44. The van der Waals surface area contributed by atoms with Crippen LogP contribution in [0.15, 0.2) is 84.1 Å². The normalized spacial score (nSPS) is 16.8. The SMILES string of the molecule is Cn1cc(-c2ccc(N(C(=O)NCc3cccc(S(C)(=O)=O)c3)[C@H]3CC[C@H](Nc4ccc(C#N)cn4)CC3)cc2)cn1. The molecule has 1 fully saturated rings. The number of benzene rings is 2. The highest BCUT2D eigenvalue weighted by Crippen LogP contribution is 2.31. The van der Waals surface area contributed by atoms with Crippen molar-refractivity contribution in [1.29, 1.82) is 5.26 Å². The van der Waals surface area contributed by atoms with Gasteiger partial charge in [-0.2, -0.15) is 10.4 Å². The fraction of sp³-hybridized carbons (Fsp3) is 0.290. The number of nitriles is 1. The minimum atomic E-state index is -3.35. The lowest BCUT2D eigenvalue weighted by Gasteiger charge is -2.37. The smallest absolute Gasteiger partial charge is 0.322 e. The second-order valence-corrected chi connectivity index (χ2v) is 12.6. The number of hydrogen-bond donors (Lipinski definition) is 2. The molecule has 216 valence electrons. The molecule has 11 heteroatoms. The monoisotopic (exact) mass is 583 g/mol. The Morgan fingerprint density at radius 1 is 1.05 bits per heavy atom. The van der Waals surface area contributed by atoms with Crippen LogP contribution in [0.4, 0.5) is 16.3 Å². The van der Waals surface area contributed by atoms with Crippen LogP contribution in [0, 0.1) is 11.3 Å². The van der Waals surface area contributed by atoms with Crippen LogP contribution in [0.1, 0.15) is 36.8 Å². The number of rotatable bonds is 8. The van der Waals surface area contributed by atoms with Crippen LogP contribution in [0.5, 0.6) is 0 Å². The number of aryl methyl sites for hydroxylation is 1. The van der Waals surface area contributed by atoms with Gasteiger partial charge in [-0.05, 0) is 73.2 Å². The van der Waals surface area contributed by atoms with E-state index in [-0.39, 0.29) is 29.6 Å². The van der Waals surface area contributed by atoms with Gasteiger partial charge < -0.3 is 10.6 Å². The molecule has 0 radical (unpaired) electrons. The second kappa shape index (κ2) is 12.4. The van der Waals surface area contributed by atoms with E-state index in [0.717, 1.165) is 48.3 Å². The van der Waals surface area contributed by atoms with Crippen molar-refractivity contribution in [2.45, 2.75) is 49.2 Å². The first-order chi connectivity index (χ1) is 20.2. The first-order valence-corrected chi connectivity index (χ1v) is 15.7. The molecule has 4 aromatic rings. The molecular formula is C31H33N7O3S. The quantitative estimate of drug-likeness (QED) is 0.302. The summed E-state index contributed by atoms with van der Waals surface area (Å²) in [5, 5.41) is 19.7. The molecule has 0 spiro atoms. The van der Waals surface area contributed by atoms with Crippen molar-refractivity contribution in [3.8, 4) is 17.2 Å². The number of nitrogens with zero attached hydrogens (tertiary/aromatic N) is 5. The van der Waals surface area contributed by atoms with Crippen LogP contribution >= 0.6 is 0 Å². The highest BCUT2D eigenvalue weighted by Gasteiger charge is 2.30. The fourth-order valence-corrected chi connectivity index (χ4v) is 5.95.